The van der Waals surface area contributed by atoms with Crippen LogP contribution in [-0.2, 0) is 0 Å². The molecule has 1 fully saturated rings. The molecule has 2 heterocycles. The molecule has 2 unspecified atom stereocenters. The fourth-order valence-electron chi connectivity index (χ4n) is 2.83. The zero-order chi connectivity index (χ0) is 22.2. The third kappa shape index (κ3) is 5.89. The van der Waals surface area contributed by atoms with Crippen molar-refractivity contribution in [1.82, 2.24) is 20.3 Å². The fourth-order valence-corrected chi connectivity index (χ4v) is 2.83. The predicted molar refractivity (Wildman–Crippen MR) is 107 cm³/mol. The van der Waals surface area contributed by atoms with Crippen molar-refractivity contribution in [2.45, 2.75) is 25.2 Å². The summed E-state index contributed by atoms with van der Waals surface area (Å²) in [6.07, 6.45) is 1.78. The van der Waals surface area contributed by atoms with Gasteiger partial charge in [-0.1, -0.05) is 0 Å². The van der Waals surface area contributed by atoms with Crippen LogP contribution in [0.3, 0.4) is 0 Å². The lowest BCUT2D eigenvalue weighted by Crippen LogP contribution is -2.44. The van der Waals surface area contributed by atoms with E-state index in [9.17, 15) is 18.4 Å². The first kappa shape index (κ1) is 22.0. The molecule has 1 aromatic heterocycles. The number of ether oxygens (including phenoxy) is 1. The van der Waals surface area contributed by atoms with E-state index in [4.69, 9.17) is 10.5 Å². The van der Waals surface area contributed by atoms with E-state index in [0.717, 1.165) is 12.4 Å². The summed E-state index contributed by atoms with van der Waals surface area (Å²) in [6, 6.07) is 6.73. The lowest BCUT2D eigenvalue weighted by Gasteiger charge is -2.27. The molecule has 0 bridgehead atoms. The average Bonchev–Trinajstić information content (AvgIpc) is 2.78. The van der Waals surface area contributed by atoms with Crippen LogP contribution < -0.4 is 21.1 Å². The monoisotopic (exact) mass is 432 g/mol. The lowest BCUT2D eigenvalue weighted by atomic mass is 10.1. The van der Waals surface area contributed by atoms with Gasteiger partial charge in [0.05, 0.1) is 17.5 Å². The molecule has 0 saturated carbocycles. The molecule has 1 aromatic carbocycles. The maximum atomic E-state index is 14.0. The Kier molecular flexibility index (Phi) is 7.34. The van der Waals surface area contributed by atoms with Crippen molar-refractivity contribution in [3.05, 3.63) is 42.0 Å². The van der Waals surface area contributed by atoms with Gasteiger partial charge in [0.1, 0.15) is 30.4 Å². The van der Waals surface area contributed by atoms with Gasteiger partial charge in [-0.15, -0.1) is 0 Å². The number of aliphatic imine (C=N–C) groups is 1. The lowest BCUT2D eigenvalue weighted by molar-refractivity contribution is 0.0729. The first-order valence-corrected chi connectivity index (χ1v) is 9.25. The number of allylic oxidation sites excluding steroid dienone is 1. The highest BCUT2D eigenvalue weighted by Gasteiger charge is 2.27. The van der Waals surface area contributed by atoms with E-state index in [1.54, 1.807) is 12.1 Å². The Morgan fingerprint density at radius 3 is 2.97 bits per heavy atom. The van der Waals surface area contributed by atoms with E-state index >= 15 is 0 Å². The Labute approximate surface area is 175 Å². The van der Waals surface area contributed by atoms with Crippen molar-refractivity contribution in [3.8, 4) is 23.2 Å². The molecule has 4 N–H and O–H groups in total. The van der Waals surface area contributed by atoms with Crippen molar-refractivity contribution in [1.29, 1.82) is 5.26 Å². The van der Waals surface area contributed by atoms with E-state index in [0.29, 0.717) is 18.5 Å². The van der Waals surface area contributed by atoms with Gasteiger partial charge in [-0.2, -0.15) is 19.0 Å². The van der Waals surface area contributed by atoms with Gasteiger partial charge in [-0.05, 0) is 31.2 Å². The predicted octanol–water partition coefficient (Wildman–Crippen LogP) is 1.99. The van der Waals surface area contributed by atoms with Crippen LogP contribution >= 0.6 is 0 Å². The summed E-state index contributed by atoms with van der Waals surface area (Å²) in [5, 5.41) is 15.1. The number of hydrogen-bond donors (Lipinski definition) is 3. The number of piperidine rings is 1. The van der Waals surface area contributed by atoms with E-state index in [-0.39, 0.29) is 35.3 Å². The minimum absolute atomic E-state index is 0.0382. The largest absolute Gasteiger partial charge is 0.486 e. The first-order chi connectivity index (χ1) is 15.0. The maximum Gasteiger partial charge on any atom is 0.331 e. The van der Waals surface area contributed by atoms with Crippen LogP contribution in [0.5, 0.6) is 5.75 Å². The number of nitrogens with one attached hydrogen (secondary N) is 2. The third-order valence-corrected chi connectivity index (χ3v) is 4.32. The summed E-state index contributed by atoms with van der Waals surface area (Å²) in [4.78, 5) is 15.1. The molecular weight excluding hydrogens is 413 g/mol. The highest BCUT2D eigenvalue weighted by Crippen LogP contribution is 2.27. The van der Waals surface area contributed by atoms with Crippen LogP contribution in [0.2, 0.25) is 0 Å². The number of nitrogens with zero attached hydrogens (tertiary/aromatic N) is 5. The summed E-state index contributed by atoms with van der Waals surface area (Å²) in [5.41, 5.74) is 6.12. The van der Waals surface area contributed by atoms with Crippen molar-refractivity contribution in [2.24, 2.45) is 10.7 Å². The first-order valence-electron chi connectivity index (χ1n) is 9.25. The maximum absolute atomic E-state index is 14.0. The highest BCUT2D eigenvalue weighted by atomic mass is 19.3. The Morgan fingerprint density at radius 1 is 1.42 bits per heavy atom. The van der Waals surface area contributed by atoms with Crippen LogP contribution in [0, 0.1) is 11.3 Å². The third-order valence-electron chi connectivity index (χ3n) is 4.32. The highest BCUT2D eigenvalue weighted by molar-refractivity contribution is 5.82. The molecule has 0 aliphatic carbocycles. The normalized spacial score (nSPS) is 19.4. The van der Waals surface area contributed by atoms with Crippen molar-refractivity contribution >= 4 is 12.2 Å². The summed E-state index contributed by atoms with van der Waals surface area (Å²) in [6.45, 7) is -2.05. The second kappa shape index (κ2) is 10.4. The number of benzene rings is 1. The molecule has 12 heteroatoms. The van der Waals surface area contributed by atoms with Gasteiger partial charge in [-0.25, -0.2) is 19.4 Å². The molecule has 3 rings (SSSR count). The molecule has 0 spiro atoms. The number of alkyl halides is 3. The van der Waals surface area contributed by atoms with E-state index in [1.165, 1.54) is 12.4 Å². The molecular formula is C19H19F3N8O. The smallest absolute Gasteiger partial charge is 0.331 e. The number of aromatic nitrogens is 3. The average molecular weight is 432 g/mol. The molecule has 31 heavy (non-hydrogen) atoms. The molecule has 2 aromatic rings. The van der Waals surface area contributed by atoms with Crippen LogP contribution in [0.4, 0.5) is 19.1 Å². The summed E-state index contributed by atoms with van der Waals surface area (Å²) in [5.74, 6) is 0.522. The second-order valence-electron chi connectivity index (χ2n) is 6.42. The summed E-state index contributed by atoms with van der Waals surface area (Å²) < 4.78 is 44.2. The topological polar surface area (TPSA) is 134 Å². The standard InChI is InChI=1S/C19H19F3N8O/c20-14-9-25-4-3-16(14)31-15-2-1-11(5-12(15)6-23)17-27-10-28-19(30-17)29-13(7-24)8-26-18(21)22/h1-2,5,7-8,10,14,16,18,25H,3-4,9,24H2,(H,27,28,29,30). The number of nitriles is 1. The minimum atomic E-state index is -2.88. The van der Waals surface area contributed by atoms with Crippen LogP contribution in [0.25, 0.3) is 11.4 Å². The van der Waals surface area contributed by atoms with Crippen LogP contribution in [-0.4, -0.2) is 53.1 Å². The van der Waals surface area contributed by atoms with Gasteiger partial charge in [-0.3, -0.25) is 0 Å². The Bertz CT molecular complexity index is 1010. The van der Waals surface area contributed by atoms with Gasteiger partial charge in [0.15, 0.2) is 5.82 Å². The number of hydrogen-bond acceptors (Lipinski definition) is 9. The molecule has 1 aliphatic heterocycles. The van der Waals surface area contributed by atoms with E-state index in [1.807, 2.05) is 6.07 Å². The Hall–Kier alpha value is -3.72. The minimum Gasteiger partial charge on any atom is -0.486 e. The number of halogens is 3. The Morgan fingerprint density at radius 2 is 2.26 bits per heavy atom. The summed E-state index contributed by atoms with van der Waals surface area (Å²) >= 11 is 0. The molecule has 2 atom stereocenters. The number of nitrogens with two attached hydrogens (primary N) is 1. The van der Waals surface area contributed by atoms with Crippen molar-refractivity contribution in [3.63, 3.8) is 0 Å². The fraction of sp³-hybridized carbons (Fsp3) is 0.316. The molecule has 0 amide bonds. The van der Waals surface area contributed by atoms with Crippen molar-refractivity contribution < 1.29 is 17.9 Å². The quantitative estimate of drug-likeness (QED) is 0.447. The van der Waals surface area contributed by atoms with Crippen LogP contribution in [0.15, 0.2) is 41.4 Å². The zero-order valence-corrected chi connectivity index (χ0v) is 16.2. The van der Waals surface area contributed by atoms with Gasteiger partial charge in [0.2, 0.25) is 5.95 Å². The number of anilines is 1. The van der Waals surface area contributed by atoms with E-state index in [2.05, 4.69) is 30.6 Å². The number of rotatable bonds is 7. The SMILES string of the molecule is N#Cc1cc(-c2ncnc(NC(C=NC(F)F)=CN)n2)ccc1OC1CCNCC1F. The van der Waals surface area contributed by atoms with E-state index < -0.39 is 18.8 Å². The summed E-state index contributed by atoms with van der Waals surface area (Å²) in [7, 11) is 0. The van der Waals surface area contributed by atoms with Gasteiger partial charge in [0, 0.05) is 18.3 Å². The van der Waals surface area contributed by atoms with Gasteiger partial charge >= 0.3 is 6.55 Å². The molecule has 9 nitrogen and oxygen atoms in total. The Balaban J connectivity index is 1.80. The molecule has 1 saturated heterocycles. The zero-order valence-electron chi connectivity index (χ0n) is 16.2. The molecule has 1 aliphatic rings. The van der Waals surface area contributed by atoms with Gasteiger partial charge < -0.3 is 21.1 Å². The second-order valence-corrected chi connectivity index (χ2v) is 6.42. The molecule has 162 valence electrons. The van der Waals surface area contributed by atoms with Gasteiger partial charge in [0.25, 0.3) is 0 Å². The molecule has 0 radical (unpaired) electrons. The van der Waals surface area contributed by atoms with Crippen LogP contribution in [0.1, 0.15) is 12.0 Å². The van der Waals surface area contributed by atoms with Crippen molar-refractivity contribution in [2.75, 3.05) is 18.4 Å².